The molecule has 0 aliphatic rings. The van der Waals surface area contributed by atoms with Crippen LogP contribution in [0, 0.1) is 10.1 Å². The van der Waals surface area contributed by atoms with Crippen LogP contribution in [-0.2, 0) is 11.3 Å². The summed E-state index contributed by atoms with van der Waals surface area (Å²) in [6, 6.07) is 8.87. The quantitative estimate of drug-likeness (QED) is 0.471. The Labute approximate surface area is 102 Å². The highest BCUT2D eigenvalue weighted by molar-refractivity contribution is 5.86. The number of furan rings is 1. The largest absolute Gasteiger partial charge is 0.457 e. The predicted octanol–water partition coefficient (Wildman–Crippen LogP) is 2.54. The minimum Gasteiger partial charge on any atom is -0.457 e. The smallest absolute Gasteiger partial charge is 0.374 e. The van der Waals surface area contributed by atoms with Crippen molar-refractivity contribution in [3.05, 3.63) is 64.1 Å². The van der Waals surface area contributed by atoms with E-state index in [0.29, 0.717) is 5.56 Å². The molecule has 2 rings (SSSR count). The van der Waals surface area contributed by atoms with Crippen LogP contribution in [0.5, 0.6) is 0 Å². The number of carbonyl (C=O) groups excluding carboxylic acids is 1. The first-order valence-electron chi connectivity index (χ1n) is 5.11. The molecule has 1 aromatic carbocycles. The van der Waals surface area contributed by atoms with Crippen molar-refractivity contribution in [2.45, 2.75) is 6.61 Å². The first kappa shape index (κ1) is 11.8. The molecule has 2 aromatic rings. The van der Waals surface area contributed by atoms with E-state index in [9.17, 15) is 14.9 Å². The number of rotatable bonds is 4. The molecule has 0 radical (unpaired) electrons. The normalized spacial score (nSPS) is 10.0. The van der Waals surface area contributed by atoms with Gasteiger partial charge in [0, 0.05) is 12.1 Å². The zero-order chi connectivity index (χ0) is 13.0. The molecule has 0 aliphatic heterocycles. The van der Waals surface area contributed by atoms with Gasteiger partial charge in [-0.2, -0.15) is 0 Å². The van der Waals surface area contributed by atoms with Gasteiger partial charge >= 0.3 is 5.97 Å². The molecule has 6 nitrogen and oxygen atoms in total. The van der Waals surface area contributed by atoms with Crippen molar-refractivity contribution in [2.24, 2.45) is 0 Å². The third kappa shape index (κ3) is 2.73. The van der Waals surface area contributed by atoms with Crippen molar-refractivity contribution in [1.82, 2.24) is 0 Å². The lowest BCUT2D eigenvalue weighted by molar-refractivity contribution is -0.384. The minimum absolute atomic E-state index is 0.00360. The number of hydrogen-bond acceptors (Lipinski definition) is 5. The Bertz CT molecular complexity index is 544. The lowest BCUT2D eigenvalue weighted by Crippen LogP contribution is -2.03. The topological polar surface area (TPSA) is 82.6 Å². The molecular weight excluding hydrogens is 238 g/mol. The van der Waals surface area contributed by atoms with Gasteiger partial charge in [-0.05, 0) is 29.8 Å². The van der Waals surface area contributed by atoms with Crippen LogP contribution in [0.2, 0.25) is 0 Å². The zero-order valence-electron chi connectivity index (χ0n) is 9.24. The molecule has 0 amide bonds. The molecular formula is C12H9NO5. The highest BCUT2D eigenvalue weighted by Crippen LogP contribution is 2.13. The molecule has 0 unspecified atom stereocenters. The van der Waals surface area contributed by atoms with Gasteiger partial charge in [0.2, 0.25) is 5.76 Å². The Morgan fingerprint density at radius 2 is 2.00 bits per heavy atom. The average Bonchev–Trinajstić information content (AvgIpc) is 2.90. The lowest BCUT2D eigenvalue weighted by atomic mass is 10.2. The van der Waals surface area contributed by atoms with E-state index in [1.807, 2.05) is 0 Å². The van der Waals surface area contributed by atoms with Crippen LogP contribution in [0.4, 0.5) is 5.69 Å². The lowest BCUT2D eigenvalue weighted by Gasteiger charge is -2.02. The van der Waals surface area contributed by atoms with E-state index in [1.54, 1.807) is 6.07 Å². The van der Waals surface area contributed by atoms with Gasteiger partial charge in [-0.3, -0.25) is 10.1 Å². The van der Waals surface area contributed by atoms with Crippen LogP contribution >= 0.6 is 0 Å². The van der Waals surface area contributed by atoms with Gasteiger partial charge in [0.15, 0.2) is 0 Å². The molecule has 0 spiro atoms. The molecule has 0 saturated carbocycles. The third-order valence-electron chi connectivity index (χ3n) is 2.24. The highest BCUT2D eigenvalue weighted by atomic mass is 16.6. The van der Waals surface area contributed by atoms with E-state index in [1.165, 1.54) is 36.6 Å². The van der Waals surface area contributed by atoms with Gasteiger partial charge in [0.05, 0.1) is 11.2 Å². The summed E-state index contributed by atoms with van der Waals surface area (Å²) in [5, 5.41) is 10.4. The Morgan fingerprint density at radius 3 is 2.56 bits per heavy atom. The Kier molecular flexibility index (Phi) is 3.38. The summed E-state index contributed by atoms with van der Waals surface area (Å²) in [5.74, 6) is -0.449. The average molecular weight is 247 g/mol. The number of benzene rings is 1. The van der Waals surface area contributed by atoms with E-state index in [-0.39, 0.29) is 18.1 Å². The fourth-order valence-corrected chi connectivity index (χ4v) is 1.33. The summed E-state index contributed by atoms with van der Waals surface area (Å²) < 4.78 is 9.84. The van der Waals surface area contributed by atoms with Crippen molar-refractivity contribution in [1.29, 1.82) is 0 Å². The van der Waals surface area contributed by atoms with Gasteiger partial charge < -0.3 is 9.15 Å². The maximum absolute atomic E-state index is 11.4. The van der Waals surface area contributed by atoms with Crippen molar-refractivity contribution in [3.8, 4) is 0 Å². The third-order valence-corrected chi connectivity index (χ3v) is 2.24. The highest BCUT2D eigenvalue weighted by Gasteiger charge is 2.10. The van der Waals surface area contributed by atoms with Crippen LogP contribution in [0.15, 0.2) is 47.1 Å². The predicted molar refractivity (Wildman–Crippen MR) is 60.9 cm³/mol. The van der Waals surface area contributed by atoms with Crippen LogP contribution < -0.4 is 0 Å². The number of non-ortho nitro benzene ring substituents is 1. The molecule has 0 N–H and O–H groups in total. The number of carbonyl (C=O) groups is 1. The Balaban J connectivity index is 1.94. The van der Waals surface area contributed by atoms with E-state index in [4.69, 9.17) is 9.15 Å². The van der Waals surface area contributed by atoms with Crippen molar-refractivity contribution < 1.29 is 18.9 Å². The monoisotopic (exact) mass is 247 g/mol. The summed E-state index contributed by atoms with van der Waals surface area (Å²) >= 11 is 0. The van der Waals surface area contributed by atoms with E-state index in [0.717, 1.165) is 0 Å². The fourth-order valence-electron chi connectivity index (χ4n) is 1.33. The van der Waals surface area contributed by atoms with Gasteiger partial charge in [0.25, 0.3) is 5.69 Å². The summed E-state index contributed by atoms with van der Waals surface area (Å²) in [5.41, 5.74) is 0.664. The number of hydrogen-bond donors (Lipinski definition) is 0. The Hall–Kier alpha value is -2.63. The molecule has 92 valence electrons. The molecule has 1 heterocycles. The second kappa shape index (κ2) is 5.13. The van der Waals surface area contributed by atoms with Crippen LogP contribution in [-0.4, -0.2) is 10.9 Å². The molecule has 0 atom stereocenters. The van der Waals surface area contributed by atoms with Crippen molar-refractivity contribution >= 4 is 11.7 Å². The van der Waals surface area contributed by atoms with Gasteiger partial charge in [0.1, 0.15) is 6.61 Å². The van der Waals surface area contributed by atoms with Crippen LogP contribution in [0.25, 0.3) is 0 Å². The first-order chi connectivity index (χ1) is 8.66. The number of nitro benzene ring substituents is 1. The molecule has 1 aromatic heterocycles. The summed E-state index contributed by atoms with van der Waals surface area (Å²) in [6.07, 6.45) is 1.38. The SMILES string of the molecule is O=C(OCc1ccc([N+](=O)[O-])cc1)c1ccco1. The fraction of sp³-hybridized carbons (Fsp3) is 0.0833. The van der Waals surface area contributed by atoms with E-state index >= 15 is 0 Å². The zero-order valence-corrected chi connectivity index (χ0v) is 9.24. The number of esters is 1. The molecule has 0 saturated heterocycles. The van der Waals surface area contributed by atoms with Crippen molar-refractivity contribution in [2.75, 3.05) is 0 Å². The second-order valence-electron chi connectivity index (χ2n) is 3.48. The molecule has 6 heteroatoms. The second-order valence-corrected chi connectivity index (χ2v) is 3.48. The summed E-state index contributed by atoms with van der Waals surface area (Å²) in [4.78, 5) is 21.4. The summed E-state index contributed by atoms with van der Waals surface area (Å²) in [6.45, 7) is 0.0392. The van der Waals surface area contributed by atoms with Crippen molar-refractivity contribution in [3.63, 3.8) is 0 Å². The maximum Gasteiger partial charge on any atom is 0.374 e. The summed E-state index contributed by atoms with van der Waals surface area (Å²) in [7, 11) is 0. The first-order valence-corrected chi connectivity index (χ1v) is 5.11. The van der Waals surface area contributed by atoms with Gasteiger partial charge in [-0.1, -0.05) is 0 Å². The Morgan fingerprint density at radius 1 is 1.28 bits per heavy atom. The number of ether oxygens (including phenoxy) is 1. The maximum atomic E-state index is 11.4. The number of nitro groups is 1. The molecule has 0 bridgehead atoms. The van der Waals surface area contributed by atoms with Gasteiger partial charge in [-0.15, -0.1) is 0 Å². The van der Waals surface area contributed by atoms with E-state index < -0.39 is 10.9 Å². The molecule has 18 heavy (non-hydrogen) atoms. The van der Waals surface area contributed by atoms with E-state index in [2.05, 4.69) is 0 Å². The van der Waals surface area contributed by atoms with Crippen LogP contribution in [0.3, 0.4) is 0 Å². The molecule has 0 fully saturated rings. The van der Waals surface area contributed by atoms with Crippen LogP contribution in [0.1, 0.15) is 16.1 Å². The molecule has 0 aliphatic carbocycles. The van der Waals surface area contributed by atoms with Gasteiger partial charge in [-0.25, -0.2) is 4.79 Å². The number of nitrogens with zero attached hydrogens (tertiary/aromatic N) is 1. The minimum atomic E-state index is -0.571. The standard InChI is InChI=1S/C12H9NO5/c14-12(11-2-1-7-17-11)18-8-9-3-5-10(6-4-9)13(15)16/h1-7H,8H2.